The normalized spacial score (nSPS) is 10.8. The second kappa shape index (κ2) is 5.05. The third-order valence-corrected chi connectivity index (χ3v) is 3.93. The Bertz CT molecular complexity index is 750. The maximum Gasteiger partial charge on any atom is 0.230 e. The summed E-state index contributed by atoms with van der Waals surface area (Å²) in [6.45, 7) is 0. The van der Waals surface area contributed by atoms with Crippen LogP contribution in [0.5, 0.6) is 0 Å². The van der Waals surface area contributed by atoms with E-state index in [1.54, 1.807) is 11.3 Å². The molecule has 0 spiro atoms. The Morgan fingerprint density at radius 1 is 1.10 bits per heavy atom. The van der Waals surface area contributed by atoms with Gasteiger partial charge in [0, 0.05) is 31.4 Å². The molecule has 2 heterocycles. The van der Waals surface area contributed by atoms with E-state index in [0.29, 0.717) is 17.7 Å². The van der Waals surface area contributed by atoms with Crippen molar-refractivity contribution in [2.75, 3.05) is 31.4 Å². The standard InChI is InChI=1S/C14H15N5S/c1-15-13-16-12(17-14(18-13)19(2)3)10-6-4-5-9-7-8-20-11(9)10/h4-8H,1-3H3,(H,15,16,17,18). The van der Waals surface area contributed by atoms with Gasteiger partial charge >= 0.3 is 0 Å². The van der Waals surface area contributed by atoms with Crippen LogP contribution in [0.1, 0.15) is 0 Å². The second-order valence-electron chi connectivity index (χ2n) is 4.57. The Kier molecular flexibility index (Phi) is 3.23. The summed E-state index contributed by atoms with van der Waals surface area (Å²) >= 11 is 1.70. The van der Waals surface area contributed by atoms with Gasteiger partial charge in [0.05, 0.1) is 0 Å². The van der Waals surface area contributed by atoms with Crippen molar-refractivity contribution in [2.45, 2.75) is 0 Å². The smallest absolute Gasteiger partial charge is 0.230 e. The number of anilines is 2. The zero-order chi connectivity index (χ0) is 14.1. The second-order valence-corrected chi connectivity index (χ2v) is 5.49. The van der Waals surface area contributed by atoms with Gasteiger partial charge in [-0.25, -0.2) is 0 Å². The summed E-state index contributed by atoms with van der Waals surface area (Å²) in [7, 11) is 5.65. The van der Waals surface area contributed by atoms with Crippen LogP contribution in [0.4, 0.5) is 11.9 Å². The number of thiophene rings is 1. The van der Waals surface area contributed by atoms with Crippen molar-refractivity contribution in [1.82, 2.24) is 15.0 Å². The third kappa shape index (κ3) is 2.18. The lowest BCUT2D eigenvalue weighted by atomic mass is 10.1. The molecule has 5 nitrogen and oxygen atoms in total. The molecular weight excluding hydrogens is 270 g/mol. The number of rotatable bonds is 3. The predicted octanol–water partition coefficient (Wildman–Crippen LogP) is 2.86. The first-order valence-electron chi connectivity index (χ1n) is 6.27. The summed E-state index contributed by atoms with van der Waals surface area (Å²) in [5.41, 5.74) is 1.04. The Balaban J connectivity index is 2.23. The van der Waals surface area contributed by atoms with Gasteiger partial charge in [0.25, 0.3) is 0 Å². The van der Waals surface area contributed by atoms with E-state index in [4.69, 9.17) is 0 Å². The van der Waals surface area contributed by atoms with Crippen LogP contribution in [0, 0.1) is 0 Å². The van der Waals surface area contributed by atoms with Crippen molar-refractivity contribution in [1.29, 1.82) is 0 Å². The molecule has 3 rings (SSSR count). The molecule has 0 fully saturated rings. The van der Waals surface area contributed by atoms with Gasteiger partial charge in [0.15, 0.2) is 5.82 Å². The molecule has 0 aliphatic rings. The molecule has 0 saturated carbocycles. The fourth-order valence-electron chi connectivity index (χ4n) is 1.97. The molecule has 0 aliphatic heterocycles. The molecule has 2 aromatic heterocycles. The number of aromatic nitrogens is 3. The lowest BCUT2D eigenvalue weighted by Crippen LogP contribution is -2.15. The summed E-state index contributed by atoms with van der Waals surface area (Å²) in [5.74, 6) is 1.92. The van der Waals surface area contributed by atoms with Crippen LogP contribution in [-0.2, 0) is 0 Å². The topological polar surface area (TPSA) is 53.9 Å². The Morgan fingerprint density at radius 2 is 1.95 bits per heavy atom. The van der Waals surface area contributed by atoms with Crippen LogP contribution >= 0.6 is 11.3 Å². The van der Waals surface area contributed by atoms with E-state index in [-0.39, 0.29) is 0 Å². The minimum atomic E-state index is 0.576. The quantitative estimate of drug-likeness (QED) is 0.802. The lowest BCUT2D eigenvalue weighted by Gasteiger charge is -2.12. The highest BCUT2D eigenvalue weighted by atomic mass is 32.1. The SMILES string of the molecule is CNc1nc(-c2cccc3ccsc23)nc(N(C)C)n1. The first-order valence-corrected chi connectivity index (χ1v) is 7.15. The van der Waals surface area contributed by atoms with Crippen LogP contribution in [0.25, 0.3) is 21.5 Å². The third-order valence-electron chi connectivity index (χ3n) is 2.97. The van der Waals surface area contributed by atoms with Crippen molar-refractivity contribution >= 4 is 33.3 Å². The average molecular weight is 285 g/mol. The zero-order valence-electron chi connectivity index (χ0n) is 11.6. The number of fused-ring (bicyclic) bond motifs is 1. The van der Waals surface area contributed by atoms with Gasteiger partial charge in [-0.15, -0.1) is 11.3 Å². The zero-order valence-corrected chi connectivity index (χ0v) is 12.4. The van der Waals surface area contributed by atoms with E-state index in [1.165, 1.54) is 10.1 Å². The van der Waals surface area contributed by atoms with E-state index in [9.17, 15) is 0 Å². The van der Waals surface area contributed by atoms with Crippen molar-refractivity contribution in [2.24, 2.45) is 0 Å². The van der Waals surface area contributed by atoms with Gasteiger partial charge < -0.3 is 10.2 Å². The molecule has 3 aromatic rings. The van der Waals surface area contributed by atoms with E-state index < -0.39 is 0 Å². The first-order chi connectivity index (χ1) is 9.69. The van der Waals surface area contributed by atoms with Gasteiger partial charge in [0.2, 0.25) is 11.9 Å². The molecule has 0 saturated heterocycles. The molecule has 0 unspecified atom stereocenters. The number of hydrogen-bond acceptors (Lipinski definition) is 6. The predicted molar refractivity (Wildman–Crippen MR) is 84.5 cm³/mol. The molecule has 0 amide bonds. The van der Waals surface area contributed by atoms with E-state index >= 15 is 0 Å². The summed E-state index contributed by atoms with van der Waals surface area (Å²) in [4.78, 5) is 15.2. The van der Waals surface area contributed by atoms with E-state index in [1.807, 2.05) is 38.2 Å². The number of nitrogens with one attached hydrogen (secondary N) is 1. The molecule has 20 heavy (non-hydrogen) atoms. The lowest BCUT2D eigenvalue weighted by molar-refractivity contribution is 0.964. The highest BCUT2D eigenvalue weighted by Crippen LogP contribution is 2.31. The van der Waals surface area contributed by atoms with Crippen molar-refractivity contribution in [3.63, 3.8) is 0 Å². The fourth-order valence-corrected chi connectivity index (χ4v) is 2.88. The van der Waals surface area contributed by atoms with E-state index in [2.05, 4.69) is 37.8 Å². The minimum absolute atomic E-state index is 0.576. The maximum atomic E-state index is 4.55. The summed E-state index contributed by atoms with van der Waals surface area (Å²) in [5, 5.41) is 6.29. The molecule has 0 bridgehead atoms. The monoisotopic (exact) mass is 285 g/mol. The summed E-state index contributed by atoms with van der Waals surface area (Å²) in [6, 6.07) is 8.29. The largest absolute Gasteiger partial charge is 0.357 e. The Labute approximate surface area is 121 Å². The molecule has 0 atom stereocenters. The van der Waals surface area contributed by atoms with Gasteiger partial charge in [0.1, 0.15) is 0 Å². The molecule has 1 aromatic carbocycles. The van der Waals surface area contributed by atoms with Crippen molar-refractivity contribution in [3.8, 4) is 11.4 Å². The molecule has 6 heteroatoms. The van der Waals surface area contributed by atoms with Crippen molar-refractivity contribution in [3.05, 3.63) is 29.6 Å². The van der Waals surface area contributed by atoms with Gasteiger partial charge in [-0.3, -0.25) is 0 Å². The van der Waals surface area contributed by atoms with Crippen molar-refractivity contribution < 1.29 is 0 Å². The van der Waals surface area contributed by atoms with Crippen LogP contribution in [0.15, 0.2) is 29.6 Å². The van der Waals surface area contributed by atoms with Crippen LogP contribution in [0.3, 0.4) is 0 Å². The molecule has 0 radical (unpaired) electrons. The summed E-state index contributed by atoms with van der Waals surface area (Å²) < 4.78 is 1.20. The van der Waals surface area contributed by atoms with Gasteiger partial charge in [-0.2, -0.15) is 15.0 Å². The Morgan fingerprint density at radius 3 is 2.70 bits per heavy atom. The number of benzene rings is 1. The van der Waals surface area contributed by atoms with Crippen LogP contribution in [-0.4, -0.2) is 36.1 Å². The Hall–Kier alpha value is -2.21. The van der Waals surface area contributed by atoms with Gasteiger partial charge in [-0.1, -0.05) is 12.1 Å². The maximum absolute atomic E-state index is 4.55. The molecule has 1 N–H and O–H groups in total. The van der Waals surface area contributed by atoms with Gasteiger partial charge in [-0.05, 0) is 22.9 Å². The molecular formula is C14H15N5S. The summed E-state index contributed by atoms with van der Waals surface area (Å²) in [6.07, 6.45) is 0. The first kappa shape index (κ1) is 12.8. The average Bonchev–Trinajstić information content (AvgIpc) is 2.94. The fraction of sp³-hybridized carbons (Fsp3) is 0.214. The van der Waals surface area contributed by atoms with Crippen LogP contribution < -0.4 is 10.2 Å². The molecule has 102 valence electrons. The highest BCUT2D eigenvalue weighted by Gasteiger charge is 2.12. The van der Waals surface area contributed by atoms with Crippen LogP contribution in [0.2, 0.25) is 0 Å². The minimum Gasteiger partial charge on any atom is -0.357 e. The van der Waals surface area contributed by atoms with E-state index in [0.717, 1.165) is 5.56 Å². The number of nitrogens with zero attached hydrogens (tertiary/aromatic N) is 4. The molecule has 0 aliphatic carbocycles. The highest BCUT2D eigenvalue weighted by molar-refractivity contribution is 7.17. The number of hydrogen-bond donors (Lipinski definition) is 1.